The van der Waals surface area contributed by atoms with Gasteiger partial charge in [-0.2, -0.15) is 5.26 Å². The van der Waals surface area contributed by atoms with E-state index in [9.17, 15) is 10.1 Å². The summed E-state index contributed by atoms with van der Waals surface area (Å²) >= 11 is 1.34. The summed E-state index contributed by atoms with van der Waals surface area (Å²) in [6.45, 7) is 6.28. The number of aryl methyl sites for hydroxylation is 1. The molecule has 4 nitrogen and oxygen atoms in total. The van der Waals surface area contributed by atoms with Crippen LogP contribution in [0.25, 0.3) is 17.3 Å². The van der Waals surface area contributed by atoms with Crippen LogP contribution in [0.4, 0.5) is 5.13 Å². The van der Waals surface area contributed by atoms with Gasteiger partial charge in [0.1, 0.15) is 11.6 Å². The van der Waals surface area contributed by atoms with Crippen LogP contribution in [0.15, 0.2) is 59.5 Å². The van der Waals surface area contributed by atoms with Gasteiger partial charge in [0.05, 0.1) is 5.69 Å². The average Bonchev–Trinajstić information content (AvgIpc) is 3.15. The number of nitrogens with zero attached hydrogens (tertiary/aromatic N) is 2. The Balaban J connectivity index is 1.74. The van der Waals surface area contributed by atoms with Crippen molar-refractivity contribution in [2.75, 3.05) is 5.32 Å². The summed E-state index contributed by atoms with van der Waals surface area (Å²) in [7, 11) is 0. The largest absolute Gasteiger partial charge is 0.297 e. The maximum atomic E-state index is 12.5. The van der Waals surface area contributed by atoms with Gasteiger partial charge in [-0.05, 0) is 30.0 Å². The number of nitrogens with one attached hydrogen (secondary N) is 1. The summed E-state index contributed by atoms with van der Waals surface area (Å²) in [4.78, 5) is 16.9. The molecule has 1 N–H and O–H groups in total. The molecule has 0 saturated heterocycles. The topological polar surface area (TPSA) is 65.8 Å². The standard InChI is InChI=1S/C23H21N3OS/c1-15(2)18-10-6-17(7-11-18)12-20(13-24)22(27)26-23-25-21(14-28-23)19-8-4-16(3)5-9-19/h4-12,14-15H,1-3H3,(H,25,26,27)/b20-12+. The lowest BCUT2D eigenvalue weighted by Crippen LogP contribution is -2.13. The molecule has 0 aliphatic carbocycles. The summed E-state index contributed by atoms with van der Waals surface area (Å²) in [6, 6.07) is 17.9. The molecule has 1 heterocycles. The molecule has 0 unspecified atom stereocenters. The molecule has 0 atom stereocenters. The first-order valence-corrected chi connectivity index (χ1v) is 9.90. The number of anilines is 1. The van der Waals surface area contributed by atoms with Crippen molar-refractivity contribution in [3.63, 3.8) is 0 Å². The van der Waals surface area contributed by atoms with Crippen molar-refractivity contribution >= 4 is 28.5 Å². The third-order valence-corrected chi connectivity index (χ3v) is 5.11. The van der Waals surface area contributed by atoms with Gasteiger partial charge in [-0.15, -0.1) is 11.3 Å². The van der Waals surface area contributed by atoms with Gasteiger partial charge in [0.15, 0.2) is 5.13 Å². The minimum Gasteiger partial charge on any atom is -0.297 e. The number of hydrogen-bond acceptors (Lipinski definition) is 4. The Bertz CT molecular complexity index is 1040. The van der Waals surface area contributed by atoms with Gasteiger partial charge in [0.25, 0.3) is 5.91 Å². The molecule has 5 heteroatoms. The highest BCUT2D eigenvalue weighted by Gasteiger charge is 2.13. The number of carbonyl (C=O) groups excluding carboxylic acids is 1. The molecule has 1 amide bonds. The predicted octanol–water partition coefficient (Wildman–Crippen LogP) is 5.79. The minimum absolute atomic E-state index is 0.0457. The Hall–Kier alpha value is -3.23. The second-order valence-electron chi connectivity index (χ2n) is 6.85. The lowest BCUT2D eigenvalue weighted by molar-refractivity contribution is -0.112. The van der Waals surface area contributed by atoms with Crippen molar-refractivity contribution in [2.24, 2.45) is 0 Å². The zero-order valence-electron chi connectivity index (χ0n) is 16.1. The summed E-state index contributed by atoms with van der Waals surface area (Å²) in [6.07, 6.45) is 1.59. The lowest BCUT2D eigenvalue weighted by atomic mass is 10.0. The Labute approximate surface area is 169 Å². The van der Waals surface area contributed by atoms with Gasteiger partial charge in [-0.25, -0.2) is 4.98 Å². The van der Waals surface area contributed by atoms with Crippen LogP contribution in [0.1, 0.15) is 36.5 Å². The molecule has 0 aliphatic heterocycles. The van der Waals surface area contributed by atoms with Crippen molar-refractivity contribution in [3.8, 4) is 17.3 Å². The zero-order valence-corrected chi connectivity index (χ0v) is 16.9. The molecular formula is C23H21N3OS. The van der Waals surface area contributed by atoms with E-state index >= 15 is 0 Å². The molecule has 140 valence electrons. The number of nitriles is 1. The third kappa shape index (κ3) is 4.73. The van der Waals surface area contributed by atoms with Gasteiger partial charge in [-0.1, -0.05) is 67.9 Å². The smallest absolute Gasteiger partial charge is 0.268 e. The van der Waals surface area contributed by atoms with Crippen molar-refractivity contribution < 1.29 is 4.79 Å². The van der Waals surface area contributed by atoms with Crippen molar-refractivity contribution in [1.29, 1.82) is 5.26 Å². The molecule has 2 aromatic carbocycles. The normalized spacial score (nSPS) is 11.3. The number of aromatic nitrogens is 1. The van der Waals surface area contributed by atoms with E-state index < -0.39 is 5.91 Å². The number of thiazole rings is 1. The fourth-order valence-electron chi connectivity index (χ4n) is 2.64. The summed E-state index contributed by atoms with van der Waals surface area (Å²) in [5, 5.41) is 14.5. The summed E-state index contributed by atoms with van der Waals surface area (Å²) in [5.74, 6) is -0.0235. The second-order valence-corrected chi connectivity index (χ2v) is 7.71. The van der Waals surface area contributed by atoms with Crippen LogP contribution in [-0.2, 0) is 4.79 Å². The SMILES string of the molecule is Cc1ccc(-c2csc(NC(=O)/C(C#N)=C/c3ccc(C(C)C)cc3)n2)cc1. The molecule has 3 rings (SSSR count). The fraction of sp³-hybridized carbons (Fsp3) is 0.174. The number of benzene rings is 2. The Morgan fingerprint density at radius 2 is 1.82 bits per heavy atom. The van der Waals surface area contributed by atoms with Gasteiger partial charge < -0.3 is 0 Å². The monoisotopic (exact) mass is 387 g/mol. The zero-order chi connectivity index (χ0) is 20.1. The van der Waals surface area contributed by atoms with E-state index in [4.69, 9.17) is 0 Å². The van der Waals surface area contributed by atoms with E-state index in [0.717, 1.165) is 16.8 Å². The molecule has 0 bridgehead atoms. The van der Waals surface area contributed by atoms with E-state index in [2.05, 4.69) is 24.1 Å². The fourth-order valence-corrected chi connectivity index (χ4v) is 3.36. The van der Waals surface area contributed by atoms with E-state index in [0.29, 0.717) is 11.0 Å². The van der Waals surface area contributed by atoms with E-state index in [1.165, 1.54) is 22.5 Å². The van der Waals surface area contributed by atoms with Crippen molar-refractivity contribution in [2.45, 2.75) is 26.7 Å². The molecule has 3 aromatic rings. The maximum Gasteiger partial charge on any atom is 0.268 e. The molecular weight excluding hydrogens is 366 g/mol. The van der Waals surface area contributed by atoms with Crippen molar-refractivity contribution in [3.05, 3.63) is 76.2 Å². The highest BCUT2D eigenvalue weighted by Crippen LogP contribution is 2.25. The van der Waals surface area contributed by atoms with Crippen molar-refractivity contribution in [1.82, 2.24) is 4.98 Å². The summed E-state index contributed by atoms with van der Waals surface area (Å²) in [5.41, 5.74) is 5.04. The number of amides is 1. The first-order valence-electron chi connectivity index (χ1n) is 9.02. The number of rotatable bonds is 5. The lowest BCUT2D eigenvalue weighted by Gasteiger charge is -2.05. The number of carbonyl (C=O) groups is 1. The van der Waals surface area contributed by atoms with Gasteiger partial charge in [-0.3, -0.25) is 10.1 Å². The van der Waals surface area contributed by atoms with Crippen LogP contribution in [-0.4, -0.2) is 10.9 Å². The number of hydrogen-bond donors (Lipinski definition) is 1. The molecule has 0 aliphatic rings. The third-order valence-electron chi connectivity index (χ3n) is 4.35. The first kappa shape index (κ1) is 19.5. The van der Waals surface area contributed by atoms with Crippen LogP contribution in [0, 0.1) is 18.3 Å². The van der Waals surface area contributed by atoms with Gasteiger partial charge in [0.2, 0.25) is 0 Å². The highest BCUT2D eigenvalue weighted by atomic mass is 32.1. The Morgan fingerprint density at radius 3 is 2.43 bits per heavy atom. The van der Waals surface area contributed by atoms with Crippen LogP contribution in [0.2, 0.25) is 0 Å². The van der Waals surface area contributed by atoms with Crippen LogP contribution in [0.3, 0.4) is 0 Å². The Kier molecular flexibility index (Phi) is 6.03. The first-order chi connectivity index (χ1) is 13.5. The highest BCUT2D eigenvalue weighted by molar-refractivity contribution is 7.14. The maximum absolute atomic E-state index is 12.5. The van der Waals surface area contributed by atoms with E-state index in [1.54, 1.807) is 6.08 Å². The average molecular weight is 388 g/mol. The molecule has 0 radical (unpaired) electrons. The molecule has 0 spiro atoms. The van der Waals surface area contributed by atoms with E-state index in [1.807, 2.05) is 66.9 Å². The van der Waals surface area contributed by atoms with Crippen LogP contribution >= 0.6 is 11.3 Å². The second kappa shape index (κ2) is 8.64. The van der Waals surface area contributed by atoms with Crippen LogP contribution < -0.4 is 5.32 Å². The van der Waals surface area contributed by atoms with E-state index in [-0.39, 0.29) is 5.57 Å². The summed E-state index contributed by atoms with van der Waals surface area (Å²) < 4.78 is 0. The van der Waals surface area contributed by atoms with Gasteiger partial charge in [0, 0.05) is 10.9 Å². The minimum atomic E-state index is -0.458. The molecule has 1 aromatic heterocycles. The van der Waals surface area contributed by atoms with Gasteiger partial charge >= 0.3 is 0 Å². The molecule has 0 saturated carbocycles. The Morgan fingerprint density at radius 1 is 1.14 bits per heavy atom. The van der Waals surface area contributed by atoms with Crippen LogP contribution in [0.5, 0.6) is 0 Å². The quantitative estimate of drug-likeness (QED) is 0.445. The molecule has 28 heavy (non-hydrogen) atoms. The predicted molar refractivity (Wildman–Crippen MR) is 115 cm³/mol. The molecule has 0 fully saturated rings.